The van der Waals surface area contributed by atoms with E-state index < -0.39 is 18.8 Å². The third kappa shape index (κ3) is 4.78. The van der Waals surface area contributed by atoms with Crippen molar-refractivity contribution in [2.45, 2.75) is 19.1 Å². The molecule has 7 heteroatoms. The molecule has 0 aliphatic rings. The number of nitrogens with one attached hydrogen (secondary N) is 1. The third-order valence-corrected chi connectivity index (χ3v) is 1.17. The topological polar surface area (TPSA) is 70.6 Å². The Bertz CT molecular complexity index is 168. The SMILES string of the molecule is CC(NCC(F)(F)F)C(N)=NO. The Morgan fingerprint density at radius 1 is 1.67 bits per heavy atom. The number of hydrogen-bond donors (Lipinski definition) is 3. The minimum Gasteiger partial charge on any atom is -0.409 e. The van der Waals surface area contributed by atoms with E-state index in [4.69, 9.17) is 10.9 Å². The van der Waals surface area contributed by atoms with Crippen molar-refractivity contribution in [3.8, 4) is 0 Å². The van der Waals surface area contributed by atoms with Gasteiger partial charge in [-0.15, -0.1) is 0 Å². The molecule has 0 saturated carbocycles. The Labute approximate surface area is 67.2 Å². The predicted molar refractivity (Wildman–Crippen MR) is 36.9 cm³/mol. The minimum absolute atomic E-state index is 0.278. The summed E-state index contributed by atoms with van der Waals surface area (Å²) in [6, 6.07) is -0.795. The van der Waals surface area contributed by atoms with Crippen molar-refractivity contribution in [3.05, 3.63) is 0 Å². The van der Waals surface area contributed by atoms with Crippen LogP contribution in [0.3, 0.4) is 0 Å². The van der Waals surface area contributed by atoms with Gasteiger partial charge in [-0.25, -0.2) is 0 Å². The second kappa shape index (κ2) is 4.15. The van der Waals surface area contributed by atoms with E-state index in [0.29, 0.717) is 0 Å². The molecule has 0 radical (unpaired) electrons. The molecule has 1 unspecified atom stereocenters. The van der Waals surface area contributed by atoms with Crippen molar-refractivity contribution in [1.29, 1.82) is 0 Å². The minimum atomic E-state index is -4.29. The molecule has 0 amide bonds. The zero-order valence-electron chi connectivity index (χ0n) is 6.39. The fourth-order valence-electron chi connectivity index (χ4n) is 0.460. The lowest BCUT2D eigenvalue weighted by Gasteiger charge is -2.13. The smallest absolute Gasteiger partial charge is 0.401 e. The summed E-state index contributed by atoms with van der Waals surface area (Å²) in [6.07, 6.45) is -4.29. The molecule has 0 aromatic carbocycles. The Morgan fingerprint density at radius 2 is 2.17 bits per heavy atom. The van der Waals surface area contributed by atoms with Crippen LogP contribution in [0, 0.1) is 0 Å². The van der Waals surface area contributed by atoms with Crippen molar-refractivity contribution in [3.63, 3.8) is 0 Å². The fraction of sp³-hybridized carbons (Fsp3) is 0.800. The van der Waals surface area contributed by atoms with Gasteiger partial charge in [0.05, 0.1) is 12.6 Å². The van der Waals surface area contributed by atoms with Crippen molar-refractivity contribution in [2.75, 3.05) is 6.54 Å². The van der Waals surface area contributed by atoms with Crippen LogP contribution in [-0.2, 0) is 0 Å². The van der Waals surface area contributed by atoms with Gasteiger partial charge in [0.1, 0.15) is 0 Å². The average Bonchev–Trinajstić information content (AvgIpc) is 1.97. The van der Waals surface area contributed by atoms with E-state index in [1.807, 2.05) is 5.32 Å². The number of halogens is 3. The molecule has 0 spiro atoms. The average molecular weight is 185 g/mol. The molecule has 4 nitrogen and oxygen atoms in total. The number of nitrogens with two attached hydrogens (primary N) is 1. The highest BCUT2D eigenvalue weighted by molar-refractivity contribution is 5.84. The molecule has 0 heterocycles. The van der Waals surface area contributed by atoms with Gasteiger partial charge in [-0.2, -0.15) is 13.2 Å². The summed E-state index contributed by atoms with van der Waals surface area (Å²) in [5.74, 6) is -0.278. The van der Waals surface area contributed by atoms with Crippen LogP contribution in [0.15, 0.2) is 5.16 Å². The molecule has 0 aliphatic carbocycles. The van der Waals surface area contributed by atoms with Crippen LogP contribution in [0.5, 0.6) is 0 Å². The molecule has 12 heavy (non-hydrogen) atoms. The van der Waals surface area contributed by atoms with Gasteiger partial charge in [0.25, 0.3) is 0 Å². The molecule has 0 saturated heterocycles. The summed E-state index contributed by atoms with van der Waals surface area (Å²) < 4.78 is 34.7. The largest absolute Gasteiger partial charge is 0.409 e. The Balaban J connectivity index is 3.80. The maximum Gasteiger partial charge on any atom is 0.401 e. The van der Waals surface area contributed by atoms with Crippen LogP contribution in [0.25, 0.3) is 0 Å². The zero-order valence-corrected chi connectivity index (χ0v) is 6.39. The van der Waals surface area contributed by atoms with Crippen LogP contribution in [0.2, 0.25) is 0 Å². The van der Waals surface area contributed by atoms with E-state index >= 15 is 0 Å². The number of alkyl halides is 3. The maximum atomic E-state index is 11.6. The lowest BCUT2D eigenvalue weighted by Crippen LogP contribution is -2.43. The highest BCUT2D eigenvalue weighted by atomic mass is 19.4. The highest BCUT2D eigenvalue weighted by Gasteiger charge is 2.27. The molecular formula is C5H10F3N3O. The standard InChI is InChI=1S/C5H10F3N3O/c1-3(4(9)11-12)10-2-5(6,7)8/h3,10,12H,2H2,1H3,(H2,9,11). The first-order chi connectivity index (χ1) is 5.37. The third-order valence-electron chi connectivity index (χ3n) is 1.17. The second-order valence-electron chi connectivity index (χ2n) is 2.24. The number of amidine groups is 1. The van der Waals surface area contributed by atoms with Crippen molar-refractivity contribution >= 4 is 5.84 Å². The summed E-state index contributed by atoms with van der Waals surface area (Å²) in [6.45, 7) is 0.200. The van der Waals surface area contributed by atoms with Crippen LogP contribution in [0.1, 0.15) is 6.92 Å². The lowest BCUT2D eigenvalue weighted by molar-refractivity contribution is -0.125. The van der Waals surface area contributed by atoms with Crippen LogP contribution < -0.4 is 11.1 Å². The molecule has 0 bridgehead atoms. The maximum absolute atomic E-state index is 11.6. The summed E-state index contributed by atoms with van der Waals surface area (Å²) >= 11 is 0. The molecule has 0 rings (SSSR count). The highest BCUT2D eigenvalue weighted by Crippen LogP contribution is 2.12. The summed E-state index contributed by atoms with van der Waals surface area (Å²) in [5.41, 5.74) is 5.02. The van der Waals surface area contributed by atoms with Gasteiger partial charge in [-0.1, -0.05) is 5.16 Å². The first-order valence-corrected chi connectivity index (χ1v) is 3.14. The van der Waals surface area contributed by atoms with E-state index in [9.17, 15) is 13.2 Å². The molecule has 0 aromatic heterocycles. The summed E-state index contributed by atoms with van der Waals surface area (Å²) in [4.78, 5) is 0. The monoisotopic (exact) mass is 185 g/mol. The van der Waals surface area contributed by atoms with Gasteiger partial charge < -0.3 is 10.9 Å². The van der Waals surface area contributed by atoms with Gasteiger partial charge in [0.2, 0.25) is 0 Å². The van der Waals surface area contributed by atoms with Crippen molar-refractivity contribution in [1.82, 2.24) is 5.32 Å². The van der Waals surface area contributed by atoms with Crippen LogP contribution in [0.4, 0.5) is 13.2 Å². The summed E-state index contributed by atoms with van der Waals surface area (Å²) in [7, 11) is 0. The van der Waals surface area contributed by atoms with Crippen LogP contribution >= 0.6 is 0 Å². The van der Waals surface area contributed by atoms with Gasteiger partial charge in [0, 0.05) is 0 Å². The van der Waals surface area contributed by atoms with E-state index in [2.05, 4.69) is 5.16 Å². The van der Waals surface area contributed by atoms with E-state index in [1.54, 1.807) is 0 Å². The molecular weight excluding hydrogens is 175 g/mol. The molecule has 4 N–H and O–H groups in total. The number of nitrogens with zero attached hydrogens (tertiary/aromatic N) is 1. The van der Waals surface area contributed by atoms with Gasteiger partial charge in [-0.05, 0) is 6.92 Å². The normalized spacial score (nSPS) is 16.2. The first-order valence-electron chi connectivity index (χ1n) is 3.14. The second-order valence-corrected chi connectivity index (χ2v) is 2.24. The zero-order chi connectivity index (χ0) is 9.78. The number of hydrogen-bond acceptors (Lipinski definition) is 3. The first kappa shape index (κ1) is 11.0. The van der Waals surface area contributed by atoms with Crippen molar-refractivity contribution in [2.24, 2.45) is 10.9 Å². The summed E-state index contributed by atoms with van der Waals surface area (Å²) in [5, 5.41) is 12.7. The van der Waals surface area contributed by atoms with E-state index in [1.165, 1.54) is 6.92 Å². The Kier molecular flexibility index (Phi) is 3.81. The van der Waals surface area contributed by atoms with E-state index in [-0.39, 0.29) is 5.84 Å². The van der Waals surface area contributed by atoms with Crippen LogP contribution in [-0.4, -0.2) is 29.8 Å². The van der Waals surface area contributed by atoms with Gasteiger partial charge in [-0.3, -0.25) is 5.32 Å². The molecule has 1 atom stereocenters. The van der Waals surface area contributed by atoms with Crippen molar-refractivity contribution < 1.29 is 18.4 Å². The van der Waals surface area contributed by atoms with Gasteiger partial charge in [0.15, 0.2) is 5.84 Å². The van der Waals surface area contributed by atoms with E-state index in [0.717, 1.165) is 0 Å². The lowest BCUT2D eigenvalue weighted by atomic mass is 10.3. The molecule has 72 valence electrons. The quantitative estimate of drug-likeness (QED) is 0.256. The molecule has 0 aromatic rings. The van der Waals surface area contributed by atoms with Gasteiger partial charge >= 0.3 is 6.18 Å². The number of rotatable bonds is 3. The molecule has 0 fully saturated rings. The number of oxime groups is 1. The molecule has 0 aliphatic heterocycles. The fourth-order valence-corrected chi connectivity index (χ4v) is 0.460. The Hall–Kier alpha value is -0.980. The predicted octanol–water partition coefficient (Wildman–Crippen LogP) is 0.273. The Morgan fingerprint density at radius 3 is 2.50 bits per heavy atom.